The molecule has 0 saturated heterocycles. The SMILES string of the molecule is CCCCC(CCN)[Si](OCC)(OCC)OCC. The Morgan fingerprint density at radius 1 is 0.889 bits per heavy atom. The Morgan fingerprint density at radius 3 is 1.72 bits per heavy atom. The normalized spacial score (nSPS) is 13.8. The maximum atomic E-state index is 5.96. The summed E-state index contributed by atoms with van der Waals surface area (Å²) in [5.41, 5.74) is 6.08. The van der Waals surface area contributed by atoms with Crippen molar-refractivity contribution >= 4 is 8.80 Å². The predicted octanol–water partition coefficient (Wildman–Crippen LogP) is 2.94. The molecule has 0 amide bonds. The van der Waals surface area contributed by atoms with Crippen LogP contribution in [0.3, 0.4) is 0 Å². The molecule has 110 valence electrons. The lowest BCUT2D eigenvalue weighted by molar-refractivity contribution is 0.0586. The van der Waals surface area contributed by atoms with Gasteiger partial charge in [0.15, 0.2) is 0 Å². The molecule has 0 spiro atoms. The van der Waals surface area contributed by atoms with Gasteiger partial charge in [-0.05, 0) is 40.2 Å². The summed E-state index contributed by atoms with van der Waals surface area (Å²) in [6.07, 6.45) is 4.36. The lowest BCUT2D eigenvalue weighted by Gasteiger charge is -2.35. The monoisotopic (exact) mass is 277 g/mol. The van der Waals surface area contributed by atoms with Gasteiger partial charge in [-0.2, -0.15) is 0 Å². The van der Waals surface area contributed by atoms with Gasteiger partial charge in [-0.3, -0.25) is 0 Å². The predicted molar refractivity (Wildman–Crippen MR) is 77.6 cm³/mol. The molecule has 0 radical (unpaired) electrons. The summed E-state index contributed by atoms with van der Waals surface area (Å²) < 4.78 is 17.9. The average molecular weight is 277 g/mol. The molecule has 5 heteroatoms. The van der Waals surface area contributed by atoms with E-state index in [2.05, 4.69) is 6.92 Å². The van der Waals surface area contributed by atoms with E-state index >= 15 is 0 Å². The van der Waals surface area contributed by atoms with E-state index in [1.807, 2.05) is 20.8 Å². The lowest BCUT2D eigenvalue weighted by atomic mass is 10.1. The molecule has 0 rings (SSSR count). The van der Waals surface area contributed by atoms with Gasteiger partial charge < -0.3 is 19.0 Å². The van der Waals surface area contributed by atoms with Gasteiger partial charge in [-0.15, -0.1) is 0 Å². The lowest BCUT2D eigenvalue weighted by Crippen LogP contribution is -2.51. The molecule has 2 N–H and O–H groups in total. The van der Waals surface area contributed by atoms with Crippen molar-refractivity contribution in [1.82, 2.24) is 0 Å². The van der Waals surface area contributed by atoms with Gasteiger partial charge >= 0.3 is 8.80 Å². The molecule has 0 aromatic carbocycles. The van der Waals surface area contributed by atoms with E-state index in [9.17, 15) is 0 Å². The highest BCUT2D eigenvalue weighted by Gasteiger charge is 2.48. The summed E-state index contributed by atoms with van der Waals surface area (Å²) in [7, 11) is -2.56. The highest BCUT2D eigenvalue weighted by molar-refractivity contribution is 6.62. The van der Waals surface area contributed by atoms with E-state index in [0.717, 1.165) is 12.8 Å². The maximum Gasteiger partial charge on any atom is 0.504 e. The molecule has 0 aromatic heterocycles. The number of rotatable bonds is 12. The molecule has 0 aromatic rings. The van der Waals surface area contributed by atoms with E-state index in [0.29, 0.717) is 31.9 Å². The Hall–Kier alpha value is 0.0569. The molecule has 0 heterocycles. The number of unbranched alkanes of at least 4 members (excludes halogenated alkanes) is 1. The Morgan fingerprint density at radius 2 is 1.39 bits per heavy atom. The molecule has 0 aliphatic rings. The first-order valence-electron chi connectivity index (χ1n) is 7.32. The van der Waals surface area contributed by atoms with Crippen LogP contribution in [0.2, 0.25) is 5.54 Å². The van der Waals surface area contributed by atoms with Gasteiger partial charge in [0.2, 0.25) is 0 Å². The first kappa shape index (κ1) is 18.1. The minimum Gasteiger partial charge on any atom is -0.374 e. The van der Waals surface area contributed by atoms with Crippen LogP contribution in [0.15, 0.2) is 0 Å². The van der Waals surface area contributed by atoms with Gasteiger partial charge in [-0.1, -0.05) is 19.8 Å². The minimum atomic E-state index is -2.56. The topological polar surface area (TPSA) is 53.7 Å². The van der Waals surface area contributed by atoms with Crippen molar-refractivity contribution in [2.45, 2.75) is 58.9 Å². The molecule has 1 atom stereocenters. The van der Waals surface area contributed by atoms with Gasteiger partial charge in [-0.25, -0.2) is 0 Å². The molecule has 0 aliphatic carbocycles. The van der Waals surface area contributed by atoms with Crippen molar-refractivity contribution in [2.75, 3.05) is 26.4 Å². The second kappa shape index (κ2) is 10.9. The van der Waals surface area contributed by atoms with Gasteiger partial charge in [0.25, 0.3) is 0 Å². The largest absolute Gasteiger partial charge is 0.504 e. The van der Waals surface area contributed by atoms with Crippen LogP contribution in [0.1, 0.15) is 53.4 Å². The fourth-order valence-corrected chi connectivity index (χ4v) is 5.47. The van der Waals surface area contributed by atoms with Crippen LogP contribution in [0.4, 0.5) is 0 Å². The number of hydrogen-bond acceptors (Lipinski definition) is 4. The third kappa shape index (κ3) is 5.80. The smallest absolute Gasteiger partial charge is 0.374 e. The Balaban J connectivity index is 4.88. The third-order valence-corrected chi connectivity index (χ3v) is 6.61. The second-order valence-corrected chi connectivity index (χ2v) is 7.21. The van der Waals surface area contributed by atoms with Crippen LogP contribution in [-0.4, -0.2) is 35.2 Å². The number of hydrogen-bond donors (Lipinski definition) is 1. The standard InChI is InChI=1S/C13H31NO3Si/c1-5-9-10-13(11-12-14)18(15-6-2,16-7-3)17-8-4/h13H,5-12,14H2,1-4H3. The summed E-state index contributed by atoms with van der Waals surface area (Å²) >= 11 is 0. The molecular formula is C13H31NO3Si. The minimum absolute atomic E-state index is 0.335. The van der Waals surface area contributed by atoms with Crippen LogP contribution < -0.4 is 5.73 Å². The van der Waals surface area contributed by atoms with E-state index in [4.69, 9.17) is 19.0 Å². The summed E-state index contributed by atoms with van der Waals surface area (Å²) in [4.78, 5) is 0. The fraction of sp³-hybridized carbons (Fsp3) is 1.00. The van der Waals surface area contributed by atoms with Crippen LogP contribution in [-0.2, 0) is 13.3 Å². The molecule has 0 bridgehead atoms. The third-order valence-electron chi connectivity index (χ3n) is 2.96. The van der Waals surface area contributed by atoms with E-state index in [-0.39, 0.29) is 0 Å². The summed E-state index contributed by atoms with van der Waals surface area (Å²) in [6, 6.07) is 0. The maximum absolute atomic E-state index is 5.96. The highest BCUT2D eigenvalue weighted by Crippen LogP contribution is 2.33. The van der Waals surface area contributed by atoms with E-state index in [1.165, 1.54) is 12.8 Å². The summed E-state index contributed by atoms with van der Waals surface area (Å²) in [5.74, 6) is 0. The van der Waals surface area contributed by atoms with Crippen molar-refractivity contribution in [3.05, 3.63) is 0 Å². The average Bonchev–Trinajstić information content (AvgIpc) is 2.35. The van der Waals surface area contributed by atoms with E-state index < -0.39 is 8.80 Å². The highest BCUT2D eigenvalue weighted by atomic mass is 28.4. The Bertz CT molecular complexity index is 176. The summed E-state index contributed by atoms with van der Waals surface area (Å²) in [6.45, 7) is 10.8. The molecular weight excluding hydrogens is 246 g/mol. The zero-order valence-corrected chi connectivity index (χ0v) is 13.5. The molecule has 18 heavy (non-hydrogen) atoms. The summed E-state index contributed by atoms with van der Waals surface area (Å²) in [5, 5.41) is 0. The first-order valence-corrected chi connectivity index (χ1v) is 9.12. The van der Waals surface area contributed by atoms with Crippen LogP contribution >= 0.6 is 0 Å². The second-order valence-electron chi connectivity index (χ2n) is 4.32. The van der Waals surface area contributed by atoms with Gasteiger partial charge in [0.05, 0.1) is 0 Å². The Labute approximate surface area is 114 Å². The quantitative estimate of drug-likeness (QED) is 0.557. The van der Waals surface area contributed by atoms with E-state index in [1.54, 1.807) is 0 Å². The van der Waals surface area contributed by atoms with Crippen LogP contribution in [0.25, 0.3) is 0 Å². The van der Waals surface area contributed by atoms with Crippen molar-refractivity contribution in [1.29, 1.82) is 0 Å². The first-order chi connectivity index (χ1) is 8.70. The molecule has 0 saturated carbocycles. The molecule has 0 fully saturated rings. The van der Waals surface area contributed by atoms with Crippen LogP contribution in [0.5, 0.6) is 0 Å². The zero-order chi connectivity index (χ0) is 13.9. The fourth-order valence-electron chi connectivity index (χ4n) is 2.23. The Kier molecular flexibility index (Phi) is 11.0. The van der Waals surface area contributed by atoms with Crippen LogP contribution in [0, 0.1) is 0 Å². The number of nitrogens with two attached hydrogens (primary N) is 1. The zero-order valence-electron chi connectivity index (χ0n) is 12.5. The molecule has 1 unspecified atom stereocenters. The molecule has 4 nitrogen and oxygen atoms in total. The van der Waals surface area contributed by atoms with Gasteiger partial charge in [0, 0.05) is 25.4 Å². The van der Waals surface area contributed by atoms with Crippen molar-refractivity contribution < 1.29 is 13.3 Å². The van der Waals surface area contributed by atoms with Crippen molar-refractivity contribution in [3.63, 3.8) is 0 Å². The molecule has 0 aliphatic heterocycles. The van der Waals surface area contributed by atoms with Crippen molar-refractivity contribution in [2.24, 2.45) is 5.73 Å². The van der Waals surface area contributed by atoms with Crippen molar-refractivity contribution in [3.8, 4) is 0 Å². The van der Waals surface area contributed by atoms with Gasteiger partial charge in [0.1, 0.15) is 0 Å².